The minimum atomic E-state index is -0.174. The largest absolute Gasteiger partial charge is 0.481 e. The zero-order valence-electron chi connectivity index (χ0n) is 15.7. The maximum Gasteiger partial charge on any atom is 0.221 e. The molecule has 0 bridgehead atoms. The fourth-order valence-corrected chi connectivity index (χ4v) is 3.07. The third-order valence-electron chi connectivity index (χ3n) is 4.39. The lowest BCUT2D eigenvalue weighted by atomic mass is 9.87. The lowest BCUT2D eigenvalue weighted by Gasteiger charge is -2.21. The molecule has 29 heavy (non-hydrogen) atoms. The van der Waals surface area contributed by atoms with E-state index in [1.807, 2.05) is 42.7 Å². The molecule has 0 aromatic carbocycles. The highest BCUT2D eigenvalue weighted by Gasteiger charge is 2.22. The molecule has 3 N–H and O–H groups in total. The molecule has 0 fully saturated rings. The molecule has 8 nitrogen and oxygen atoms in total. The lowest BCUT2D eigenvalue weighted by molar-refractivity contribution is 0.398. The van der Waals surface area contributed by atoms with Gasteiger partial charge >= 0.3 is 0 Å². The van der Waals surface area contributed by atoms with E-state index in [1.165, 1.54) is 0 Å². The van der Waals surface area contributed by atoms with Crippen LogP contribution in [-0.2, 0) is 0 Å². The first kappa shape index (κ1) is 18.3. The predicted molar refractivity (Wildman–Crippen MR) is 110 cm³/mol. The van der Waals surface area contributed by atoms with E-state index in [0.29, 0.717) is 11.7 Å². The van der Waals surface area contributed by atoms with Crippen LogP contribution in [0.15, 0.2) is 73.6 Å². The van der Waals surface area contributed by atoms with Crippen LogP contribution in [-0.4, -0.2) is 32.0 Å². The number of aromatic nitrogens is 5. The Balaban J connectivity index is 1.80. The number of nitrogens with two attached hydrogens (primary N) is 1. The Morgan fingerprint density at radius 1 is 0.897 bits per heavy atom. The standard InChI is InChI=1S/C21H19N7O/c1-29-18-7-6-16(12-25-18)27-20-17(13-26-21(22)28-20)19(14-4-2-8-23-10-14)15-5-3-9-24-11-15/h2-13,19H,1H3,(H3,22,26,27,28). The smallest absolute Gasteiger partial charge is 0.221 e. The van der Waals surface area contributed by atoms with E-state index < -0.39 is 0 Å². The summed E-state index contributed by atoms with van der Waals surface area (Å²) in [4.78, 5) is 21.5. The van der Waals surface area contributed by atoms with Crippen LogP contribution in [0.1, 0.15) is 22.6 Å². The normalized spacial score (nSPS) is 10.7. The highest BCUT2D eigenvalue weighted by molar-refractivity contribution is 5.63. The summed E-state index contributed by atoms with van der Waals surface area (Å²) in [7, 11) is 1.57. The van der Waals surface area contributed by atoms with Gasteiger partial charge in [0.2, 0.25) is 11.8 Å². The molecule has 0 aliphatic rings. The summed E-state index contributed by atoms with van der Waals surface area (Å²) in [5, 5.41) is 3.29. The Labute approximate surface area is 167 Å². The Morgan fingerprint density at radius 3 is 2.17 bits per heavy atom. The van der Waals surface area contributed by atoms with Gasteiger partial charge in [0.15, 0.2) is 0 Å². The Bertz CT molecular complexity index is 1030. The molecule has 0 amide bonds. The number of pyridine rings is 3. The highest BCUT2D eigenvalue weighted by Crippen LogP contribution is 2.35. The number of rotatable bonds is 6. The van der Waals surface area contributed by atoms with E-state index in [4.69, 9.17) is 10.5 Å². The third kappa shape index (κ3) is 4.11. The van der Waals surface area contributed by atoms with Crippen LogP contribution in [0.5, 0.6) is 5.88 Å². The number of anilines is 3. The second kappa shape index (κ2) is 8.30. The molecular weight excluding hydrogens is 366 g/mol. The molecular formula is C21H19N7O. The number of nitrogens with zero attached hydrogens (tertiary/aromatic N) is 5. The van der Waals surface area contributed by atoms with Gasteiger partial charge in [-0.2, -0.15) is 4.98 Å². The number of nitrogens with one attached hydrogen (secondary N) is 1. The highest BCUT2D eigenvalue weighted by atomic mass is 16.5. The van der Waals surface area contributed by atoms with Crippen molar-refractivity contribution < 1.29 is 4.74 Å². The van der Waals surface area contributed by atoms with Crippen LogP contribution in [0.3, 0.4) is 0 Å². The molecule has 4 aromatic heterocycles. The van der Waals surface area contributed by atoms with Crippen molar-refractivity contribution in [1.82, 2.24) is 24.9 Å². The van der Waals surface area contributed by atoms with Crippen molar-refractivity contribution in [3.8, 4) is 5.88 Å². The number of methoxy groups -OCH3 is 1. The van der Waals surface area contributed by atoms with Crippen LogP contribution in [0.4, 0.5) is 17.5 Å². The number of ether oxygens (including phenoxy) is 1. The molecule has 0 spiro atoms. The first-order valence-electron chi connectivity index (χ1n) is 8.94. The maximum atomic E-state index is 5.88. The summed E-state index contributed by atoms with van der Waals surface area (Å²) in [5.41, 5.74) is 9.46. The van der Waals surface area contributed by atoms with Crippen molar-refractivity contribution in [1.29, 1.82) is 0 Å². The van der Waals surface area contributed by atoms with Gasteiger partial charge in [-0.05, 0) is 29.3 Å². The summed E-state index contributed by atoms with van der Waals surface area (Å²) in [6, 6.07) is 11.5. The third-order valence-corrected chi connectivity index (χ3v) is 4.39. The Morgan fingerprint density at radius 2 is 1.62 bits per heavy atom. The van der Waals surface area contributed by atoms with E-state index in [2.05, 4.69) is 30.2 Å². The van der Waals surface area contributed by atoms with Gasteiger partial charge in [0.1, 0.15) is 5.82 Å². The van der Waals surface area contributed by atoms with Crippen LogP contribution in [0.25, 0.3) is 0 Å². The van der Waals surface area contributed by atoms with Crippen molar-refractivity contribution in [2.24, 2.45) is 0 Å². The van der Waals surface area contributed by atoms with Gasteiger partial charge in [-0.25, -0.2) is 9.97 Å². The van der Waals surface area contributed by atoms with Gasteiger partial charge in [-0.15, -0.1) is 0 Å². The average molecular weight is 385 g/mol. The van der Waals surface area contributed by atoms with Gasteiger partial charge < -0.3 is 15.8 Å². The van der Waals surface area contributed by atoms with Crippen LogP contribution >= 0.6 is 0 Å². The average Bonchev–Trinajstić information content (AvgIpc) is 2.77. The first-order chi connectivity index (χ1) is 14.2. The van der Waals surface area contributed by atoms with E-state index in [0.717, 1.165) is 22.4 Å². The minimum absolute atomic E-state index is 0.174. The summed E-state index contributed by atoms with van der Waals surface area (Å²) in [5.74, 6) is 1.12. The van der Waals surface area contributed by atoms with E-state index in [1.54, 1.807) is 38.0 Å². The molecule has 4 heterocycles. The zero-order chi connectivity index (χ0) is 20.1. The predicted octanol–water partition coefficient (Wildman–Crippen LogP) is 3.18. The Kier molecular flexibility index (Phi) is 5.24. The molecule has 4 aromatic rings. The number of hydrogen-bond donors (Lipinski definition) is 2. The molecule has 0 unspecified atom stereocenters. The fraction of sp³-hybridized carbons (Fsp3) is 0.0952. The molecule has 0 saturated heterocycles. The Hall–Kier alpha value is -4.07. The van der Waals surface area contributed by atoms with Crippen LogP contribution < -0.4 is 15.8 Å². The SMILES string of the molecule is COc1ccc(Nc2nc(N)ncc2C(c2cccnc2)c2cccnc2)cn1. The summed E-state index contributed by atoms with van der Waals surface area (Å²) in [6.45, 7) is 0. The van der Waals surface area contributed by atoms with E-state index in [9.17, 15) is 0 Å². The van der Waals surface area contributed by atoms with Crippen molar-refractivity contribution in [2.45, 2.75) is 5.92 Å². The molecule has 8 heteroatoms. The second-order valence-corrected chi connectivity index (χ2v) is 6.25. The molecule has 4 rings (SSSR count). The molecule has 0 saturated carbocycles. The van der Waals surface area contributed by atoms with Crippen molar-refractivity contribution in [3.63, 3.8) is 0 Å². The van der Waals surface area contributed by atoms with E-state index in [-0.39, 0.29) is 11.9 Å². The summed E-state index contributed by atoms with van der Waals surface area (Å²) < 4.78 is 5.12. The molecule has 0 aliphatic carbocycles. The lowest BCUT2D eigenvalue weighted by Crippen LogP contribution is -2.11. The number of nitrogen functional groups attached to an aromatic ring is 1. The van der Waals surface area contributed by atoms with Crippen LogP contribution in [0.2, 0.25) is 0 Å². The molecule has 0 atom stereocenters. The van der Waals surface area contributed by atoms with Crippen LogP contribution in [0, 0.1) is 0 Å². The molecule has 0 radical (unpaired) electrons. The van der Waals surface area contributed by atoms with E-state index >= 15 is 0 Å². The fourth-order valence-electron chi connectivity index (χ4n) is 3.07. The van der Waals surface area contributed by atoms with Gasteiger partial charge in [-0.3, -0.25) is 9.97 Å². The minimum Gasteiger partial charge on any atom is -0.481 e. The second-order valence-electron chi connectivity index (χ2n) is 6.25. The van der Waals surface area contributed by atoms with Gasteiger partial charge in [0, 0.05) is 48.5 Å². The van der Waals surface area contributed by atoms with Gasteiger partial charge in [0.25, 0.3) is 0 Å². The monoisotopic (exact) mass is 385 g/mol. The molecule has 144 valence electrons. The quantitative estimate of drug-likeness (QED) is 0.520. The number of hydrogen-bond acceptors (Lipinski definition) is 8. The maximum absolute atomic E-state index is 5.88. The van der Waals surface area contributed by atoms with Crippen molar-refractivity contribution in [2.75, 3.05) is 18.2 Å². The van der Waals surface area contributed by atoms with Gasteiger partial charge in [-0.1, -0.05) is 12.1 Å². The van der Waals surface area contributed by atoms with Crippen molar-refractivity contribution >= 4 is 17.5 Å². The molecule has 0 aliphatic heterocycles. The summed E-state index contributed by atoms with van der Waals surface area (Å²) in [6.07, 6.45) is 10.5. The zero-order valence-corrected chi connectivity index (χ0v) is 15.7. The first-order valence-corrected chi connectivity index (χ1v) is 8.94. The van der Waals surface area contributed by atoms with Gasteiger partial charge in [0.05, 0.1) is 19.0 Å². The van der Waals surface area contributed by atoms with Crippen molar-refractivity contribution in [3.05, 3.63) is 90.3 Å². The summed E-state index contributed by atoms with van der Waals surface area (Å²) >= 11 is 0. The topological polar surface area (TPSA) is 112 Å².